The number of rotatable bonds is 3. The fourth-order valence-electron chi connectivity index (χ4n) is 6.01. The van der Waals surface area contributed by atoms with E-state index in [0.717, 1.165) is 58.0 Å². The number of aliphatic hydroxyl groups is 1. The Morgan fingerprint density at radius 2 is 1.58 bits per heavy atom. The van der Waals surface area contributed by atoms with E-state index < -0.39 is 6.10 Å². The summed E-state index contributed by atoms with van der Waals surface area (Å²) in [5.41, 5.74) is -0.283. The summed E-state index contributed by atoms with van der Waals surface area (Å²) in [4.78, 5) is 29.1. The Kier molecular flexibility index (Phi) is 5.27. The summed E-state index contributed by atoms with van der Waals surface area (Å²) in [7, 11) is 0. The minimum Gasteiger partial charge on any atom is -0.381 e. The number of β-lactam (4-membered cyclic amide) rings is 1. The lowest BCUT2D eigenvalue weighted by atomic mass is 9.68. The van der Waals surface area contributed by atoms with Gasteiger partial charge in [0.05, 0.1) is 5.54 Å². The van der Waals surface area contributed by atoms with Gasteiger partial charge in [-0.3, -0.25) is 9.59 Å². The second kappa shape index (κ2) is 7.49. The van der Waals surface area contributed by atoms with Crippen LogP contribution < -0.4 is 0 Å². The van der Waals surface area contributed by atoms with Gasteiger partial charge in [-0.05, 0) is 44.4 Å². The normalized spacial score (nSPS) is 30.5. The zero-order chi connectivity index (χ0) is 18.1. The Hall–Kier alpha value is -1.10. The summed E-state index contributed by atoms with van der Waals surface area (Å²) in [6.45, 7) is 1.54. The number of likely N-dealkylation sites (tertiary alicyclic amines) is 2. The molecule has 4 rings (SSSR count). The van der Waals surface area contributed by atoms with Gasteiger partial charge < -0.3 is 14.9 Å². The second-order valence-electron chi connectivity index (χ2n) is 9.10. The van der Waals surface area contributed by atoms with Crippen molar-refractivity contribution in [1.82, 2.24) is 9.80 Å². The van der Waals surface area contributed by atoms with Crippen LogP contribution in [0.25, 0.3) is 0 Å². The van der Waals surface area contributed by atoms with Crippen molar-refractivity contribution in [2.24, 2.45) is 5.92 Å². The Balaban J connectivity index is 1.31. The average Bonchev–Trinajstić information content (AvgIpc) is 2.70. The van der Waals surface area contributed by atoms with Crippen LogP contribution in [0.15, 0.2) is 0 Å². The van der Waals surface area contributed by atoms with Gasteiger partial charge in [-0.1, -0.05) is 38.5 Å². The van der Waals surface area contributed by atoms with Crippen LogP contribution in [0.4, 0.5) is 0 Å². The van der Waals surface area contributed by atoms with Crippen molar-refractivity contribution < 1.29 is 14.7 Å². The third-order valence-corrected chi connectivity index (χ3v) is 7.55. The zero-order valence-corrected chi connectivity index (χ0v) is 16.0. The molecule has 0 aromatic heterocycles. The van der Waals surface area contributed by atoms with E-state index in [1.807, 2.05) is 9.80 Å². The maximum absolute atomic E-state index is 12.6. The number of hydrogen-bond acceptors (Lipinski definition) is 3. The summed E-state index contributed by atoms with van der Waals surface area (Å²) in [6, 6.07) is 0.211. The predicted molar refractivity (Wildman–Crippen MR) is 99.5 cm³/mol. The van der Waals surface area contributed by atoms with E-state index in [0.29, 0.717) is 11.8 Å². The molecule has 146 valence electrons. The van der Waals surface area contributed by atoms with Crippen molar-refractivity contribution in [1.29, 1.82) is 0 Å². The number of piperidine rings is 1. The molecule has 2 saturated carbocycles. The largest absolute Gasteiger partial charge is 0.381 e. The maximum atomic E-state index is 12.6. The molecule has 2 amide bonds. The van der Waals surface area contributed by atoms with Gasteiger partial charge >= 0.3 is 0 Å². The second-order valence-corrected chi connectivity index (χ2v) is 9.10. The maximum Gasteiger partial charge on any atom is 0.254 e. The summed E-state index contributed by atoms with van der Waals surface area (Å²) >= 11 is 0. The third kappa shape index (κ3) is 3.17. The molecule has 26 heavy (non-hydrogen) atoms. The van der Waals surface area contributed by atoms with Crippen LogP contribution in [-0.4, -0.2) is 57.5 Å². The Labute approximate surface area is 157 Å². The number of nitrogens with zero attached hydrogens (tertiary/aromatic N) is 2. The first kappa shape index (κ1) is 18.3. The number of aliphatic hydroxyl groups excluding tert-OH is 1. The highest BCUT2D eigenvalue weighted by atomic mass is 16.3. The van der Waals surface area contributed by atoms with Gasteiger partial charge in [0.1, 0.15) is 0 Å². The van der Waals surface area contributed by atoms with Crippen LogP contribution in [0.5, 0.6) is 0 Å². The van der Waals surface area contributed by atoms with Crippen molar-refractivity contribution in [2.75, 3.05) is 13.1 Å². The van der Waals surface area contributed by atoms with Crippen LogP contribution in [-0.2, 0) is 9.59 Å². The van der Waals surface area contributed by atoms with Gasteiger partial charge in [-0.15, -0.1) is 0 Å². The highest BCUT2D eigenvalue weighted by molar-refractivity contribution is 5.90. The Bertz CT molecular complexity index is 529. The molecule has 4 fully saturated rings. The van der Waals surface area contributed by atoms with Crippen molar-refractivity contribution >= 4 is 11.8 Å². The van der Waals surface area contributed by atoms with Gasteiger partial charge in [-0.2, -0.15) is 0 Å². The first-order valence-corrected chi connectivity index (χ1v) is 10.9. The number of hydrogen-bond donors (Lipinski definition) is 1. The first-order chi connectivity index (χ1) is 12.6. The van der Waals surface area contributed by atoms with E-state index in [2.05, 4.69) is 0 Å². The third-order valence-electron chi connectivity index (χ3n) is 7.55. The summed E-state index contributed by atoms with van der Waals surface area (Å²) in [5, 5.41) is 10.4. The lowest BCUT2D eigenvalue weighted by molar-refractivity contribution is -0.201. The lowest BCUT2D eigenvalue weighted by Gasteiger charge is -2.61. The molecule has 2 aliphatic carbocycles. The molecule has 0 aromatic carbocycles. The van der Waals surface area contributed by atoms with E-state index in [-0.39, 0.29) is 17.5 Å². The van der Waals surface area contributed by atoms with Crippen molar-refractivity contribution in [3.63, 3.8) is 0 Å². The monoisotopic (exact) mass is 362 g/mol. The van der Waals surface area contributed by atoms with Gasteiger partial charge in [0.15, 0.2) is 6.10 Å². The first-order valence-electron chi connectivity index (χ1n) is 10.9. The Morgan fingerprint density at radius 1 is 0.962 bits per heavy atom. The topological polar surface area (TPSA) is 60.9 Å². The summed E-state index contributed by atoms with van der Waals surface area (Å²) < 4.78 is 0. The number of carbonyl (C=O) groups excluding carboxylic acids is 2. The lowest BCUT2D eigenvalue weighted by Crippen LogP contribution is -2.77. The fourth-order valence-corrected chi connectivity index (χ4v) is 6.01. The molecule has 1 N–H and O–H groups in total. The van der Waals surface area contributed by atoms with Gasteiger partial charge in [0.2, 0.25) is 5.91 Å². The highest BCUT2D eigenvalue weighted by Crippen LogP contribution is 2.46. The van der Waals surface area contributed by atoms with Crippen LogP contribution in [0.2, 0.25) is 0 Å². The fraction of sp³-hybridized carbons (Fsp3) is 0.905. The molecule has 0 radical (unpaired) electrons. The van der Waals surface area contributed by atoms with Crippen molar-refractivity contribution in [2.45, 2.75) is 101 Å². The smallest absolute Gasteiger partial charge is 0.254 e. The van der Waals surface area contributed by atoms with Crippen LogP contribution >= 0.6 is 0 Å². The van der Waals surface area contributed by atoms with E-state index in [1.54, 1.807) is 0 Å². The molecule has 4 aliphatic rings. The van der Waals surface area contributed by atoms with Gasteiger partial charge in [0, 0.05) is 25.6 Å². The molecular weight excluding hydrogens is 328 g/mol. The van der Waals surface area contributed by atoms with Crippen LogP contribution in [0.1, 0.15) is 83.5 Å². The minimum absolute atomic E-state index is 0.0705. The van der Waals surface area contributed by atoms with Gasteiger partial charge in [-0.25, -0.2) is 0 Å². The number of carbonyl (C=O) groups is 2. The number of amides is 2. The minimum atomic E-state index is -0.784. The molecule has 1 unspecified atom stereocenters. The zero-order valence-electron chi connectivity index (χ0n) is 16.0. The predicted octanol–water partition coefficient (Wildman–Crippen LogP) is 2.85. The van der Waals surface area contributed by atoms with Crippen molar-refractivity contribution in [3.05, 3.63) is 0 Å². The summed E-state index contributed by atoms with van der Waals surface area (Å²) in [6.07, 6.45) is 13.3. The molecule has 5 heteroatoms. The molecular formula is C21H34N2O3. The quantitative estimate of drug-likeness (QED) is 0.786. The molecule has 2 aliphatic heterocycles. The molecule has 0 aromatic rings. The SMILES string of the molecule is O=C(CC1CCCCC1)N1CCC(N2C(=O)C(O)C23CCCCC3)CC1. The Morgan fingerprint density at radius 3 is 2.23 bits per heavy atom. The molecule has 2 saturated heterocycles. The standard InChI is InChI=1S/C21H34N2O3/c24-18(15-16-7-3-1-4-8-16)22-13-9-17(10-14-22)23-20(26)19(25)21(23)11-5-2-6-12-21/h16-17,19,25H,1-15H2. The highest BCUT2D eigenvalue weighted by Gasteiger charge is 2.61. The molecule has 5 nitrogen and oxygen atoms in total. The van der Waals surface area contributed by atoms with E-state index in [1.165, 1.54) is 38.5 Å². The van der Waals surface area contributed by atoms with Crippen LogP contribution in [0.3, 0.4) is 0 Å². The summed E-state index contributed by atoms with van der Waals surface area (Å²) in [5.74, 6) is 0.836. The van der Waals surface area contributed by atoms with Gasteiger partial charge in [0.25, 0.3) is 5.91 Å². The molecule has 1 spiro atoms. The van der Waals surface area contributed by atoms with Crippen LogP contribution in [0, 0.1) is 5.92 Å². The van der Waals surface area contributed by atoms with E-state index in [4.69, 9.17) is 0 Å². The molecule has 2 heterocycles. The average molecular weight is 363 g/mol. The van der Waals surface area contributed by atoms with E-state index >= 15 is 0 Å². The molecule has 1 atom stereocenters. The molecule has 0 bridgehead atoms. The van der Waals surface area contributed by atoms with Crippen molar-refractivity contribution in [3.8, 4) is 0 Å². The van der Waals surface area contributed by atoms with E-state index in [9.17, 15) is 14.7 Å².